The first-order valence-corrected chi connectivity index (χ1v) is 13.8. The van der Waals surface area contributed by atoms with Gasteiger partial charge in [0, 0.05) is 43.5 Å². The fourth-order valence-corrected chi connectivity index (χ4v) is 4.27. The molecule has 1 amide bonds. The van der Waals surface area contributed by atoms with E-state index in [1.165, 1.54) is 11.6 Å². The maximum absolute atomic E-state index is 12.0. The molecular formula is C25H31N9O4S. The van der Waals surface area contributed by atoms with Crippen LogP contribution < -0.4 is 10.2 Å². The van der Waals surface area contributed by atoms with E-state index < -0.39 is 15.5 Å². The van der Waals surface area contributed by atoms with Gasteiger partial charge in [-0.2, -0.15) is 23.5 Å². The van der Waals surface area contributed by atoms with Crippen LogP contribution in [0, 0.1) is 11.3 Å². The summed E-state index contributed by atoms with van der Waals surface area (Å²) in [5.74, 6) is -0.315. The molecule has 3 rings (SSSR count). The predicted molar refractivity (Wildman–Crippen MR) is 146 cm³/mol. The van der Waals surface area contributed by atoms with Crippen LogP contribution >= 0.6 is 0 Å². The standard InChI is InChI=1S/C25H31N9O4S/c1-6-33(13-8-14-39(36,37)38)18-9-10-20(21(15-18)29-17(2)35)30-31-23-19(16-26)22(25(3,4)5)32-34(23)24-27-11-7-12-28-24/h7,9-12,15H,6,8,13-14H2,1-5H3,(H,29,35)(H,36,37,38)/b31-30+. The average molecular weight is 554 g/mol. The van der Waals surface area contributed by atoms with E-state index in [1.54, 1.807) is 36.7 Å². The first kappa shape index (κ1) is 29.3. The molecule has 0 aliphatic carbocycles. The zero-order valence-corrected chi connectivity index (χ0v) is 23.3. The Morgan fingerprint density at radius 1 is 1.23 bits per heavy atom. The third kappa shape index (κ3) is 7.65. The van der Waals surface area contributed by atoms with E-state index in [1.807, 2.05) is 32.6 Å². The average Bonchev–Trinajstić information content (AvgIpc) is 3.24. The van der Waals surface area contributed by atoms with Crippen LogP contribution in [0.1, 0.15) is 52.3 Å². The van der Waals surface area contributed by atoms with Gasteiger partial charge in [-0.1, -0.05) is 20.8 Å². The molecule has 14 heteroatoms. The quantitative estimate of drug-likeness (QED) is 0.273. The Kier molecular flexibility index (Phi) is 9.10. The molecule has 0 atom stereocenters. The van der Waals surface area contributed by atoms with Gasteiger partial charge >= 0.3 is 0 Å². The SMILES string of the molecule is CCN(CCCS(=O)(=O)O)c1ccc(/N=N/c2c(C#N)c(C(C)(C)C)nn2-c2ncccn2)c(NC(C)=O)c1. The second kappa shape index (κ2) is 12.1. The van der Waals surface area contributed by atoms with E-state index in [4.69, 9.17) is 4.55 Å². The molecule has 39 heavy (non-hydrogen) atoms. The van der Waals surface area contributed by atoms with Crippen molar-refractivity contribution in [2.45, 2.75) is 46.5 Å². The molecule has 1 aromatic carbocycles. The largest absolute Gasteiger partial charge is 0.372 e. The smallest absolute Gasteiger partial charge is 0.264 e. The van der Waals surface area contributed by atoms with Gasteiger partial charge in [-0.15, -0.1) is 10.2 Å². The van der Waals surface area contributed by atoms with Gasteiger partial charge < -0.3 is 10.2 Å². The number of carbonyl (C=O) groups excluding carboxylic acids is 1. The summed E-state index contributed by atoms with van der Waals surface area (Å²) in [6, 6.07) is 8.96. The lowest BCUT2D eigenvalue weighted by atomic mass is 9.90. The van der Waals surface area contributed by atoms with Crippen molar-refractivity contribution >= 4 is 38.9 Å². The Morgan fingerprint density at radius 3 is 2.49 bits per heavy atom. The first-order valence-electron chi connectivity index (χ1n) is 12.2. The Morgan fingerprint density at radius 2 is 1.92 bits per heavy atom. The minimum Gasteiger partial charge on any atom is -0.372 e. The highest BCUT2D eigenvalue weighted by atomic mass is 32.2. The van der Waals surface area contributed by atoms with Crippen LogP contribution in [0.2, 0.25) is 0 Å². The van der Waals surface area contributed by atoms with E-state index in [2.05, 4.69) is 36.7 Å². The predicted octanol–water partition coefficient (Wildman–Crippen LogP) is 4.31. The van der Waals surface area contributed by atoms with Gasteiger partial charge in [0.15, 0.2) is 5.82 Å². The minimum atomic E-state index is -4.06. The summed E-state index contributed by atoms with van der Waals surface area (Å²) in [5.41, 5.74) is 1.67. The van der Waals surface area contributed by atoms with Crippen LogP contribution in [0.3, 0.4) is 0 Å². The monoisotopic (exact) mass is 553 g/mol. The first-order chi connectivity index (χ1) is 18.3. The molecule has 13 nitrogen and oxygen atoms in total. The highest BCUT2D eigenvalue weighted by Gasteiger charge is 2.28. The zero-order chi connectivity index (χ0) is 28.8. The Labute approximate surface area is 227 Å². The van der Waals surface area contributed by atoms with Crippen LogP contribution in [0.25, 0.3) is 5.95 Å². The summed E-state index contributed by atoms with van der Waals surface area (Å²) in [6.45, 7) is 9.98. The van der Waals surface area contributed by atoms with Gasteiger partial charge in [0.25, 0.3) is 16.1 Å². The molecule has 0 aliphatic heterocycles. The third-order valence-electron chi connectivity index (χ3n) is 5.55. The van der Waals surface area contributed by atoms with Crippen LogP contribution in [0.5, 0.6) is 0 Å². The van der Waals surface area contributed by atoms with E-state index >= 15 is 0 Å². The van der Waals surface area contributed by atoms with Gasteiger partial charge in [-0.3, -0.25) is 9.35 Å². The molecule has 0 aliphatic rings. The molecular weight excluding hydrogens is 522 g/mol. The number of nitrogens with zero attached hydrogens (tertiary/aromatic N) is 8. The molecule has 0 bridgehead atoms. The number of azo groups is 1. The topological polar surface area (TPSA) is 179 Å². The molecule has 2 aromatic heterocycles. The molecule has 0 fully saturated rings. The molecule has 206 valence electrons. The number of nitriles is 1. The van der Waals surface area contributed by atoms with Gasteiger partial charge in [-0.25, -0.2) is 9.97 Å². The van der Waals surface area contributed by atoms with E-state index in [-0.39, 0.29) is 35.4 Å². The number of benzene rings is 1. The van der Waals surface area contributed by atoms with Crippen LogP contribution in [-0.2, 0) is 20.3 Å². The number of nitrogens with one attached hydrogen (secondary N) is 1. The lowest BCUT2D eigenvalue weighted by Gasteiger charge is -2.24. The molecule has 0 saturated heterocycles. The number of aromatic nitrogens is 4. The second-order valence-electron chi connectivity index (χ2n) is 9.67. The van der Waals surface area contributed by atoms with Gasteiger partial charge in [0.1, 0.15) is 17.3 Å². The van der Waals surface area contributed by atoms with Crippen molar-refractivity contribution in [3.63, 3.8) is 0 Å². The summed E-state index contributed by atoms with van der Waals surface area (Å²) in [7, 11) is -4.06. The van der Waals surface area contributed by atoms with E-state index in [9.17, 15) is 18.5 Å². The number of hydrogen-bond acceptors (Lipinski definition) is 10. The van der Waals surface area contributed by atoms with Crippen LogP contribution in [0.15, 0.2) is 46.9 Å². The van der Waals surface area contributed by atoms with Crippen molar-refractivity contribution in [3.05, 3.63) is 47.9 Å². The number of carbonyl (C=O) groups is 1. The van der Waals surface area contributed by atoms with Crippen molar-refractivity contribution in [1.82, 2.24) is 19.7 Å². The lowest BCUT2D eigenvalue weighted by Crippen LogP contribution is -2.25. The third-order valence-corrected chi connectivity index (χ3v) is 6.35. The molecule has 2 N–H and O–H groups in total. The van der Waals surface area contributed by atoms with Crippen molar-refractivity contribution in [1.29, 1.82) is 5.26 Å². The van der Waals surface area contributed by atoms with E-state index in [0.717, 1.165) is 0 Å². The Bertz CT molecular complexity index is 1500. The Balaban J connectivity index is 2.06. The lowest BCUT2D eigenvalue weighted by molar-refractivity contribution is -0.114. The zero-order valence-electron chi connectivity index (χ0n) is 22.5. The Hall–Kier alpha value is -4.22. The second-order valence-corrected chi connectivity index (χ2v) is 11.2. The molecule has 0 saturated carbocycles. The summed E-state index contributed by atoms with van der Waals surface area (Å²) in [4.78, 5) is 22.3. The van der Waals surface area contributed by atoms with Gasteiger partial charge in [0.2, 0.25) is 5.91 Å². The molecule has 0 unspecified atom stereocenters. The van der Waals surface area contributed by atoms with Gasteiger partial charge in [-0.05, 0) is 37.6 Å². The number of anilines is 2. The molecule has 0 spiro atoms. The fourth-order valence-electron chi connectivity index (χ4n) is 3.78. The summed E-state index contributed by atoms with van der Waals surface area (Å²) >= 11 is 0. The van der Waals surface area contributed by atoms with Crippen molar-refractivity contribution in [2.75, 3.05) is 29.1 Å². The van der Waals surface area contributed by atoms with E-state index in [0.29, 0.717) is 35.8 Å². The number of rotatable bonds is 10. The summed E-state index contributed by atoms with van der Waals surface area (Å²) in [5, 5.41) is 26.0. The number of amides is 1. The summed E-state index contributed by atoms with van der Waals surface area (Å²) in [6.07, 6.45) is 3.33. The highest BCUT2D eigenvalue weighted by Crippen LogP contribution is 2.35. The number of hydrogen-bond donors (Lipinski definition) is 2. The maximum Gasteiger partial charge on any atom is 0.264 e. The normalized spacial score (nSPS) is 11.9. The van der Waals surface area contributed by atoms with Crippen molar-refractivity contribution in [2.24, 2.45) is 10.2 Å². The minimum absolute atomic E-state index is 0.145. The summed E-state index contributed by atoms with van der Waals surface area (Å²) < 4.78 is 32.6. The highest BCUT2D eigenvalue weighted by molar-refractivity contribution is 7.85. The van der Waals surface area contributed by atoms with Crippen LogP contribution in [0.4, 0.5) is 22.9 Å². The molecule has 0 radical (unpaired) electrons. The van der Waals surface area contributed by atoms with Gasteiger partial charge in [0.05, 0.1) is 17.1 Å². The molecule has 3 aromatic rings. The van der Waals surface area contributed by atoms with Crippen molar-refractivity contribution in [3.8, 4) is 12.0 Å². The van der Waals surface area contributed by atoms with Crippen molar-refractivity contribution < 1.29 is 17.8 Å². The fraction of sp³-hybridized carbons (Fsp3) is 0.400. The van der Waals surface area contributed by atoms with Crippen LogP contribution in [-0.4, -0.2) is 57.5 Å². The molecule has 2 heterocycles. The maximum atomic E-state index is 12.0.